The minimum Gasteiger partial charge on any atom is -0.300 e. The Morgan fingerprint density at radius 3 is 2.58 bits per heavy atom. The van der Waals surface area contributed by atoms with Crippen molar-refractivity contribution >= 4 is 34.0 Å². The molecule has 0 bridgehead atoms. The van der Waals surface area contributed by atoms with E-state index >= 15 is 0 Å². The molecule has 2 aromatic heterocycles. The van der Waals surface area contributed by atoms with E-state index in [2.05, 4.69) is 20.5 Å². The van der Waals surface area contributed by atoms with Gasteiger partial charge in [0.2, 0.25) is 11.0 Å². The van der Waals surface area contributed by atoms with Gasteiger partial charge in [-0.2, -0.15) is 13.2 Å². The van der Waals surface area contributed by atoms with E-state index in [4.69, 9.17) is 11.6 Å². The summed E-state index contributed by atoms with van der Waals surface area (Å²) < 4.78 is 37.8. The zero-order valence-electron chi connectivity index (χ0n) is 13.7. The third-order valence-corrected chi connectivity index (χ3v) is 5.60. The van der Waals surface area contributed by atoms with Gasteiger partial charge in [-0.25, -0.2) is 0 Å². The lowest BCUT2D eigenvalue weighted by Gasteiger charge is -2.04. The van der Waals surface area contributed by atoms with Gasteiger partial charge in [-0.15, -0.1) is 10.2 Å². The molecule has 0 radical (unpaired) electrons. The van der Waals surface area contributed by atoms with Crippen molar-refractivity contribution in [2.75, 3.05) is 5.32 Å². The summed E-state index contributed by atoms with van der Waals surface area (Å²) in [7, 11) is 0. The fourth-order valence-electron chi connectivity index (χ4n) is 2.81. The number of alkyl halides is 3. The number of aromatic nitrogens is 3. The average molecular weight is 403 g/mol. The van der Waals surface area contributed by atoms with Crippen LogP contribution in [0.4, 0.5) is 18.3 Å². The molecule has 1 N–H and O–H groups in total. The number of rotatable bonds is 4. The molecule has 10 heteroatoms. The van der Waals surface area contributed by atoms with Crippen molar-refractivity contribution in [1.82, 2.24) is 15.2 Å². The maximum Gasteiger partial charge on any atom is 0.426 e. The number of anilines is 1. The average Bonchev–Trinajstić information content (AvgIpc) is 2.91. The third kappa shape index (κ3) is 3.73. The predicted molar refractivity (Wildman–Crippen MR) is 92.5 cm³/mol. The Kier molecular flexibility index (Phi) is 4.78. The van der Waals surface area contributed by atoms with E-state index in [1.54, 1.807) is 38.4 Å². The summed E-state index contributed by atoms with van der Waals surface area (Å²) in [4.78, 5) is 16.4. The van der Waals surface area contributed by atoms with Crippen molar-refractivity contribution in [3.63, 3.8) is 0 Å². The molecule has 0 aromatic carbocycles. The van der Waals surface area contributed by atoms with E-state index in [0.717, 1.165) is 11.6 Å². The van der Waals surface area contributed by atoms with Crippen LogP contribution < -0.4 is 5.32 Å². The predicted octanol–water partition coefficient (Wildman–Crippen LogP) is 4.50. The number of carbonyl (C=O) groups excluding carboxylic acids is 1. The first-order chi connectivity index (χ1) is 12.1. The number of hydrogen-bond donors (Lipinski definition) is 1. The SMILES string of the molecule is CC1(C)C(/C=C(/Cl)C(F)(F)F)C1C(=O)Nc1nnc(-c2ccncc2)s1. The zero-order chi connectivity index (χ0) is 19.1. The molecule has 5 nitrogen and oxygen atoms in total. The van der Waals surface area contributed by atoms with Crippen LogP contribution in [0.25, 0.3) is 10.6 Å². The fourth-order valence-corrected chi connectivity index (χ4v) is 3.70. The Morgan fingerprint density at radius 2 is 1.96 bits per heavy atom. The van der Waals surface area contributed by atoms with Crippen molar-refractivity contribution in [1.29, 1.82) is 0 Å². The number of hydrogen-bond acceptors (Lipinski definition) is 5. The van der Waals surface area contributed by atoms with Gasteiger partial charge in [-0.1, -0.05) is 42.9 Å². The summed E-state index contributed by atoms with van der Waals surface area (Å²) in [5, 5.41) is 10.2. The Labute approximate surface area is 156 Å². The summed E-state index contributed by atoms with van der Waals surface area (Å²) in [6.07, 6.45) is -0.472. The highest BCUT2D eigenvalue weighted by atomic mass is 35.5. The molecule has 0 aliphatic heterocycles. The van der Waals surface area contributed by atoms with Gasteiger partial charge < -0.3 is 5.32 Å². The highest BCUT2D eigenvalue weighted by molar-refractivity contribution is 7.18. The maximum absolute atomic E-state index is 12.6. The molecule has 1 aliphatic rings. The zero-order valence-corrected chi connectivity index (χ0v) is 15.3. The number of carbonyl (C=O) groups is 1. The van der Waals surface area contributed by atoms with Crippen LogP contribution in [0.3, 0.4) is 0 Å². The number of nitrogens with zero attached hydrogens (tertiary/aromatic N) is 3. The molecular formula is C16H14ClF3N4OS. The molecule has 0 saturated heterocycles. The number of pyridine rings is 1. The number of nitrogens with one attached hydrogen (secondary N) is 1. The van der Waals surface area contributed by atoms with Crippen LogP contribution in [0.5, 0.6) is 0 Å². The second kappa shape index (κ2) is 6.62. The van der Waals surface area contributed by atoms with E-state index in [1.807, 2.05) is 0 Å². The van der Waals surface area contributed by atoms with Gasteiger partial charge >= 0.3 is 6.18 Å². The molecule has 1 fully saturated rings. The van der Waals surface area contributed by atoms with E-state index in [-0.39, 0.29) is 5.13 Å². The molecule has 2 unspecified atom stereocenters. The summed E-state index contributed by atoms with van der Waals surface area (Å²) in [5.41, 5.74) is 0.191. The second-order valence-corrected chi connectivity index (χ2v) is 7.86. The van der Waals surface area contributed by atoms with Gasteiger partial charge in [0, 0.05) is 18.0 Å². The first kappa shape index (κ1) is 18.8. The van der Waals surface area contributed by atoms with Crippen molar-refractivity contribution in [2.45, 2.75) is 20.0 Å². The smallest absolute Gasteiger partial charge is 0.300 e. The van der Waals surface area contributed by atoms with Gasteiger partial charge in [0.15, 0.2) is 0 Å². The summed E-state index contributed by atoms with van der Waals surface area (Å²) in [6, 6.07) is 3.52. The van der Waals surface area contributed by atoms with Gasteiger partial charge in [0.1, 0.15) is 10.0 Å². The molecule has 1 aliphatic carbocycles. The second-order valence-electron chi connectivity index (χ2n) is 6.47. The lowest BCUT2D eigenvalue weighted by atomic mass is 10.1. The van der Waals surface area contributed by atoms with Crippen LogP contribution >= 0.6 is 22.9 Å². The largest absolute Gasteiger partial charge is 0.426 e. The number of halogens is 4. The Balaban J connectivity index is 1.70. The molecular weight excluding hydrogens is 389 g/mol. The Hall–Kier alpha value is -2.00. The molecule has 2 atom stereocenters. The van der Waals surface area contributed by atoms with Crippen LogP contribution in [0.15, 0.2) is 35.6 Å². The molecule has 138 valence electrons. The van der Waals surface area contributed by atoms with Crippen LogP contribution in [-0.4, -0.2) is 27.3 Å². The lowest BCUT2D eigenvalue weighted by molar-refractivity contribution is -0.118. The van der Waals surface area contributed by atoms with Crippen molar-refractivity contribution in [3.8, 4) is 10.6 Å². The van der Waals surface area contributed by atoms with Crippen LogP contribution in [0.2, 0.25) is 0 Å². The van der Waals surface area contributed by atoms with Gasteiger partial charge in [0.05, 0.1) is 5.92 Å². The molecule has 0 spiro atoms. The Bertz CT molecular complexity index is 851. The minimum atomic E-state index is -4.61. The van der Waals surface area contributed by atoms with E-state index in [0.29, 0.717) is 5.01 Å². The van der Waals surface area contributed by atoms with Crippen molar-refractivity contribution in [2.24, 2.45) is 17.3 Å². The van der Waals surface area contributed by atoms with Gasteiger partial charge in [-0.05, 0) is 23.5 Å². The molecule has 3 rings (SSSR count). The molecule has 1 amide bonds. The summed E-state index contributed by atoms with van der Waals surface area (Å²) in [5.74, 6) is -1.61. The number of amides is 1. The Morgan fingerprint density at radius 1 is 1.31 bits per heavy atom. The van der Waals surface area contributed by atoms with Crippen molar-refractivity contribution in [3.05, 3.63) is 35.6 Å². The highest BCUT2D eigenvalue weighted by Crippen LogP contribution is 2.60. The molecule has 1 saturated carbocycles. The first-order valence-corrected chi connectivity index (χ1v) is 8.79. The third-order valence-electron chi connectivity index (χ3n) is 4.37. The quantitative estimate of drug-likeness (QED) is 0.817. The molecule has 2 heterocycles. The fraction of sp³-hybridized carbons (Fsp3) is 0.375. The van der Waals surface area contributed by atoms with Crippen LogP contribution in [-0.2, 0) is 4.79 Å². The topological polar surface area (TPSA) is 67.8 Å². The van der Waals surface area contributed by atoms with E-state index in [1.165, 1.54) is 11.3 Å². The summed E-state index contributed by atoms with van der Waals surface area (Å²) in [6.45, 7) is 3.45. The van der Waals surface area contributed by atoms with Crippen molar-refractivity contribution < 1.29 is 18.0 Å². The number of allylic oxidation sites excluding steroid dienone is 2. The van der Waals surface area contributed by atoms with E-state index in [9.17, 15) is 18.0 Å². The maximum atomic E-state index is 12.6. The van der Waals surface area contributed by atoms with Crippen LogP contribution in [0, 0.1) is 17.3 Å². The monoisotopic (exact) mass is 402 g/mol. The summed E-state index contributed by atoms with van der Waals surface area (Å²) >= 11 is 6.48. The normalized spacial score (nSPS) is 22.2. The molecule has 26 heavy (non-hydrogen) atoms. The standard InChI is InChI=1S/C16H14ClF3N4OS/c1-15(2)9(7-10(17)16(18,19)20)11(15)12(25)22-14-24-23-13(26-14)8-3-5-21-6-4-8/h3-7,9,11H,1-2H3,(H,22,24,25)/b10-7+. The van der Waals surface area contributed by atoms with Gasteiger partial charge in [0.25, 0.3) is 0 Å². The minimum absolute atomic E-state index is 0.286. The van der Waals surface area contributed by atoms with Crippen LogP contribution in [0.1, 0.15) is 13.8 Å². The van der Waals surface area contributed by atoms with Gasteiger partial charge in [-0.3, -0.25) is 9.78 Å². The lowest BCUT2D eigenvalue weighted by Crippen LogP contribution is -2.16. The molecule has 2 aromatic rings. The first-order valence-electron chi connectivity index (χ1n) is 7.60. The van der Waals surface area contributed by atoms with E-state index < -0.39 is 34.4 Å². The highest BCUT2D eigenvalue weighted by Gasteiger charge is 2.61.